The molecule has 15 heavy (non-hydrogen) atoms. The summed E-state index contributed by atoms with van der Waals surface area (Å²) in [4.78, 5) is 0. The van der Waals surface area contributed by atoms with Crippen molar-refractivity contribution in [2.24, 2.45) is 5.73 Å². The Morgan fingerprint density at radius 2 is 2.27 bits per heavy atom. The summed E-state index contributed by atoms with van der Waals surface area (Å²) in [6, 6.07) is 5.65. The van der Waals surface area contributed by atoms with E-state index < -0.39 is 0 Å². The van der Waals surface area contributed by atoms with Crippen molar-refractivity contribution >= 4 is 23.4 Å². The van der Waals surface area contributed by atoms with Crippen molar-refractivity contribution in [2.45, 2.75) is 13.0 Å². The van der Waals surface area contributed by atoms with Crippen LogP contribution < -0.4 is 10.5 Å². The lowest BCUT2D eigenvalue weighted by Crippen LogP contribution is -2.04. The van der Waals surface area contributed by atoms with Crippen molar-refractivity contribution in [3.63, 3.8) is 0 Å². The van der Waals surface area contributed by atoms with Gasteiger partial charge in [-0.15, -0.1) is 0 Å². The highest BCUT2D eigenvalue weighted by Gasteiger charge is 2.06. The first kappa shape index (κ1) is 12.7. The van der Waals surface area contributed by atoms with Gasteiger partial charge in [-0.25, -0.2) is 0 Å². The van der Waals surface area contributed by atoms with E-state index in [1.807, 2.05) is 30.0 Å². The molecule has 0 aliphatic carbocycles. The summed E-state index contributed by atoms with van der Waals surface area (Å²) < 4.78 is 5.64. The Bertz CT molecular complexity index is 307. The summed E-state index contributed by atoms with van der Waals surface area (Å²) in [6.07, 6.45) is 3.11. The first-order valence-electron chi connectivity index (χ1n) is 4.88. The van der Waals surface area contributed by atoms with Crippen molar-refractivity contribution in [3.05, 3.63) is 28.8 Å². The zero-order valence-electron chi connectivity index (χ0n) is 8.83. The van der Waals surface area contributed by atoms with Crippen LogP contribution in [-0.4, -0.2) is 18.6 Å². The zero-order valence-corrected chi connectivity index (χ0v) is 10.4. The molecule has 0 bridgehead atoms. The van der Waals surface area contributed by atoms with E-state index in [-0.39, 0.29) is 0 Å². The van der Waals surface area contributed by atoms with E-state index in [1.54, 1.807) is 0 Å². The van der Waals surface area contributed by atoms with Gasteiger partial charge in [0.1, 0.15) is 5.75 Å². The summed E-state index contributed by atoms with van der Waals surface area (Å²) in [5.74, 6) is 1.84. The molecule has 0 heterocycles. The Morgan fingerprint density at radius 3 is 2.93 bits per heavy atom. The van der Waals surface area contributed by atoms with Crippen LogP contribution in [0.4, 0.5) is 0 Å². The molecule has 0 aliphatic heterocycles. The minimum Gasteiger partial charge on any atom is -0.492 e. The van der Waals surface area contributed by atoms with Gasteiger partial charge >= 0.3 is 0 Å². The molecule has 0 unspecified atom stereocenters. The van der Waals surface area contributed by atoms with E-state index >= 15 is 0 Å². The van der Waals surface area contributed by atoms with E-state index in [2.05, 4.69) is 6.26 Å². The molecule has 0 fully saturated rings. The van der Waals surface area contributed by atoms with Crippen LogP contribution >= 0.6 is 23.4 Å². The SMILES string of the molecule is CSCCCOc1c(Cl)cccc1CN. The Labute approximate surface area is 100 Å². The third kappa shape index (κ3) is 3.93. The zero-order chi connectivity index (χ0) is 11.1. The molecule has 84 valence electrons. The van der Waals surface area contributed by atoms with Crippen molar-refractivity contribution in [1.82, 2.24) is 0 Å². The first-order valence-corrected chi connectivity index (χ1v) is 6.66. The van der Waals surface area contributed by atoms with Crippen molar-refractivity contribution in [3.8, 4) is 5.75 Å². The predicted molar refractivity (Wildman–Crippen MR) is 67.8 cm³/mol. The van der Waals surface area contributed by atoms with Crippen LogP contribution in [0.1, 0.15) is 12.0 Å². The number of hydrogen-bond donors (Lipinski definition) is 1. The molecule has 1 rings (SSSR count). The quantitative estimate of drug-likeness (QED) is 0.783. The Kier molecular flexibility index (Phi) is 5.91. The number of hydrogen-bond acceptors (Lipinski definition) is 3. The summed E-state index contributed by atoms with van der Waals surface area (Å²) in [5.41, 5.74) is 6.57. The van der Waals surface area contributed by atoms with Crippen molar-refractivity contribution in [2.75, 3.05) is 18.6 Å². The van der Waals surface area contributed by atoms with Crippen LogP contribution in [0, 0.1) is 0 Å². The maximum absolute atomic E-state index is 6.04. The highest BCUT2D eigenvalue weighted by molar-refractivity contribution is 7.98. The number of thioether (sulfide) groups is 1. The largest absolute Gasteiger partial charge is 0.492 e. The van der Waals surface area contributed by atoms with Gasteiger partial charge in [-0.3, -0.25) is 0 Å². The van der Waals surface area contributed by atoms with Crippen LogP contribution in [0.3, 0.4) is 0 Å². The second kappa shape index (κ2) is 6.99. The molecule has 0 radical (unpaired) electrons. The lowest BCUT2D eigenvalue weighted by Gasteiger charge is -2.11. The van der Waals surface area contributed by atoms with Crippen LogP contribution in [0.2, 0.25) is 5.02 Å². The standard InChI is InChI=1S/C11H16ClNOS/c1-15-7-3-6-14-11-9(8-13)4-2-5-10(11)12/h2,4-5H,3,6-8,13H2,1H3. The smallest absolute Gasteiger partial charge is 0.142 e. The van der Waals surface area contributed by atoms with Crippen LogP contribution in [0.15, 0.2) is 18.2 Å². The Balaban J connectivity index is 2.58. The number of rotatable bonds is 6. The molecule has 0 atom stereocenters. The van der Waals surface area contributed by atoms with Crippen LogP contribution in [0.25, 0.3) is 0 Å². The van der Waals surface area contributed by atoms with Crippen LogP contribution in [0.5, 0.6) is 5.75 Å². The molecule has 2 nitrogen and oxygen atoms in total. The monoisotopic (exact) mass is 245 g/mol. The predicted octanol–water partition coefficient (Wildman–Crippen LogP) is 2.93. The third-order valence-corrected chi connectivity index (χ3v) is 3.00. The molecule has 0 amide bonds. The number of ether oxygens (including phenoxy) is 1. The van der Waals surface area contributed by atoms with E-state index in [0.29, 0.717) is 18.2 Å². The summed E-state index contributed by atoms with van der Waals surface area (Å²) in [5, 5.41) is 0.641. The molecule has 0 aromatic heterocycles. The van der Waals surface area contributed by atoms with Gasteiger partial charge in [0.2, 0.25) is 0 Å². The van der Waals surface area contributed by atoms with Gasteiger partial charge in [0.15, 0.2) is 0 Å². The van der Waals surface area contributed by atoms with E-state index in [0.717, 1.165) is 23.5 Å². The average Bonchev–Trinajstić information content (AvgIpc) is 2.26. The van der Waals surface area contributed by atoms with E-state index in [4.69, 9.17) is 22.1 Å². The minimum absolute atomic E-state index is 0.457. The summed E-state index contributed by atoms with van der Waals surface area (Å²) in [6.45, 7) is 1.15. The first-order chi connectivity index (χ1) is 7.29. The normalized spacial score (nSPS) is 10.3. The van der Waals surface area contributed by atoms with E-state index in [9.17, 15) is 0 Å². The molecule has 0 spiro atoms. The Hall–Kier alpha value is -0.380. The third-order valence-electron chi connectivity index (χ3n) is 2.01. The number of benzene rings is 1. The molecular formula is C11H16ClNOS. The van der Waals surface area contributed by atoms with Crippen LogP contribution in [-0.2, 0) is 6.54 Å². The molecular weight excluding hydrogens is 230 g/mol. The van der Waals surface area contributed by atoms with Gasteiger partial charge in [0, 0.05) is 12.1 Å². The van der Waals surface area contributed by atoms with E-state index in [1.165, 1.54) is 0 Å². The minimum atomic E-state index is 0.457. The van der Waals surface area contributed by atoms with Gasteiger partial charge in [-0.1, -0.05) is 23.7 Å². The molecule has 0 saturated heterocycles. The van der Waals surface area contributed by atoms with Gasteiger partial charge in [0.25, 0.3) is 0 Å². The second-order valence-electron chi connectivity index (χ2n) is 3.13. The van der Waals surface area contributed by atoms with Gasteiger partial charge in [0.05, 0.1) is 11.6 Å². The number of para-hydroxylation sites is 1. The second-order valence-corrected chi connectivity index (χ2v) is 4.52. The van der Waals surface area contributed by atoms with Gasteiger partial charge < -0.3 is 10.5 Å². The molecule has 4 heteroatoms. The fourth-order valence-electron chi connectivity index (χ4n) is 1.25. The highest BCUT2D eigenvalue weighted by Crippen LogP contribution is 2.28. The number of halogens is 1. The van der Waals surface area contributed by atoms with Crippen molar-refractivity contribution < 1.29 is 4.74 Å². The summed E-state index contributed by atoms with van der Waals surface area (Å²) in [7, 11) is 0. The lowest BCUT2D eigenvalue weighted by molar-refractivity contribution is 0.315. The molecule has 1 aromatic rings. The fourth-order valence-corrected chi connectivity index (χ4v) is 1.91. The fraction of sp³-hybridized carbons (Fsp3) is 0.455. The maximum Gasteiger partial charge on any atom is 0.142 e. The average molecular weight is 246 g/mol. The molecule has 2 N–H and O–H groups in total. The topological polar surface area (TPSA) is 35.2 Å². The number of nitrogens with two attached hydrogens (primary N) is 1. The van der Waals surface area contributed by atoms with Gasteiger partial charge in [-0.05, 0) is 24.5 Å². The van der Waals surface area contributed by atoms with Crippen molar-refractivity contribution in [1.29, 1.82) is 0 Å². The lowest BCUT2D eigenvalue weighted by atomic mass is 10.2. The van der Waals surface area contributed by atoms with Gasteiger partial charge in [-0.2, -0.15) is 11.8 Å². The molecule has 0 saturated carbocycles. The molecule has 1 aromatic carbocycles. The summed E-state index contributed by atoms with van der Waals surface area (Å²) >= 11 is 7.85. The highest BCUT2D eigenvalue weighted by atomic mass is 35.5. The maximum atomic E-state index is 6.04. The molecule has 0 aliphatic rings. The Morgan fingerprint density at radius 1 is 1.47 bits per heavy atom.